The van der Waals surface area contributed by atoms with Crippen molar-refractivity contribution in [2.24, 2.45) is 11.8 Å². The SMILES string of the molecule is Cc1ccoc1C(=O)[C@@H](C#N)C(=O)[C@@H]1CC(=O)N(CC(F)(F)F)C1. The summed E-state index contributed by atoms with van der Waals surface area (Å²) in [4.78, 5) is 36.7. The lowest BCUT2D eigenvalue weighted by molar-refractivity contribution is -0.157. The zero-order valence-electron chi connectivity index (χ0n) is 12.6. The number of halogens is 3. The van der Waals surface area contributed by atoms with Crippen molar-refractivity contribution in [3.63, 3.8) is 0 Å². The lowest BCUT2D eigenvalue weighted by atomic mass is 9.88. The van der Waals surface area contributed by atoms with Crippen molar-refractivity contribution in [2.75, 3.05) is 13.1 Å². The summed E-state index contributed by atoms with van der Waals surface area (Å²) in [5.41, 5.74) is 0.439. The molecule has 0 N–H and O–H groups in total. The van der Waals surface area contributed by atoms with E-state index in [4.69, 9.17) is 9.68 Å². The summed E-state index contributed by atoms with van der Waals surface area (Å²) in [5, 5.41) is 9.12. The number of furan rings is 1. The smallest absolute Gasteiger partial charge is 0.406 e. The Kier molecular flexibility index (Phi) is 4.78. The fourth-order valence-electron chi connectivity index (χ4n) is 2.58. The molecule has 0 radical (unpaired) electrons. The number of carbonyl (C=O) groups is 3. The number of aryl methyl sites for hydroxylation is 1. The molecule has 2 atom stereocenters. The molecule has 1 aliphatic rings. The summed E-state index contributed by atoms with van der Waals surface area (Å²) in [7, 11) is 0. The van der Waals surface area contributed by atoms with E-state index in [9.17, 15) is 27.6 Å². The molecule has 1 aromatic rings. The molecule has 1 fully saturated rings. The van der Waals surface area contributed by atoms with Gasteiger partial charge in [0.15, 0.2) is 17.5 Å². The van der Waals surface area contributed by atoms with E-state index in [0.29, 0.717) is 10.5 Å². The number of nitriles is 1. The Bertz CT molecular complexity index is 717. The topological polar surface area (TPSA) is 91.4 Å². The van der Waals surface area contributed by atoms with E-state index in [0.717, 1.165) is 0 Å². The number of ketones is 2. The fourth-order valence-corrected chi connectivity index (χ4v) is 2.58. The van der Waals surface area contributed by atoms with Gasteiger partial charge in [0.25, 0.3) is 0 Å². The van der Waals surface area contributed by atoms with Crippen LogP contribution < -0.4 is 0 Å². The van der Waals surface area contributed by atoms with Crippen molar-refractivity contribution >= 4 is 17.5 Å². The minimum atomic E-state index is -4.58. The van der Waals surface area contributed by atoms with Gasteiger partial charge in [-0.05, 0) is 18.6 Å². The van der Waals surface area contributed by atoms with Gasteiger partial charge in [-0.25, -0.2) is 0 Å². The first-order chi connectivity index (χ1) is 11.1. The number of hydrogen-bond acceptors (Lipinski definition) is 5. The maximum Gasteiger partial charge on any atom is 0.406 e. The Morgan fingerprint density at radius 3 is 2.67 bits per heavy atom. The first-order valence-electron chi connectivity index (χ1n) is 7.00. The monoisotopic (exact) mass is 342 g/mol. The second-order valence-corrected chi connectivity index (χ2v) is 5.55. The molecule has 24 heavy (non-hydrogen) atoms. The molecule has 1 amide bonds. The van der Waals surface area contributed by atoms with E-state index in [2.05, 4.69) is 0 Å². The highest BCUT2D eigenvalue weighted by Crippen LogP contribution is 2.27. The normalized spacial score (nSPS) is 19.2. The summed E-state index contributed by atoms with van der Waals surface area (Å²) in [6.45, 7) is -0.363. The van der Waals surface area contributed by atoms with E-state index in [1.165, 1.54) is 12.3 Å². The Balaban J connectivity index is 2.13. The van der Waals surface area contributed by atoms with E-state index in [1.807, 2.05) is 0 Å². The minimum absolute atomic E-state index is 0.147. The van der Waals surface area contributed by atoms with Gasteiger partial charge in [0.2, 0.25) is 11.7 Å². The Labute approximate surface area is 134 Å². The molecular weight excluding hydrogens is 329 g/mol. The highest BCUT2D eigenvalue weighted by Gasteiger charge is 2.44. The van der Waals surface area contributed by atoms with Crippen molar-refractivity contribution < 1.29 is 32.0 Å². The molecule has 1 aromatic heterocycles. The summed E-state index contributed by atoms with van der Waals surface area (Å²) in [5.74, 6) is -5.53. The molecule has 0 unspecified atom stereocenters. The van der Waals surface area contributed by atoms with Crippen molar-refractivity contribution in [1.29, 1.82) is 5.26 Å². The maximum absolute atomic E-state index is 12.4. The second-order valence-electron chi connectivity index (χ2n) is 5.55. The molecule has 0 aromatic carbocycles. The Morgan fingerprint density at radius 2 is 2.17 bits per heavy atom. The number of likely N-dealkylation sites (tertiary alicyclic amines) is 1. The van der Waals surface area contributed by atoms with Crippen LogP contribution in [0, 0.1) is 30.1 Å². The molecule has 128 valence electrons. The first kappa shape index (κ1) is 17.7. The summed E-state index contributed by atoms with van der Waals surface area (Å²) >= 11 is 0. The molecule has 2 heterocycles. The predicted molar refractivity (Wildman–Crippen MR) is 72.6 cm³/mol. The molecule has 9 heteroatoms. The molecule has 0 bridgehead atoms. The Hall–Kier alpha value is -2.63. The maximum atomic E-state index is 12.4. The summed E-state index contributed by atoms with van der Waals surface area (Å²) in [6.07, 6.45) is -3.80. The third kappa shape index (κ3) is 3.64. The van der Waals surface area contributed by atoms with Crippen LogP contribution in [0.3, 0.4) is 0 Å². The van der Waals surface area contributed by atoms with E-state index < -0.39 is 55.0 Å². The number of amides is 1. The van der Waals surface area contributed by atoms with Gasteiger partial charge in [-0.15, -0.1) is 0 Å². The average molecular weight is 342 g/mol. The van der Waals surface area contributed by atoms with E-state index in [-0.39, 0.29) is 5.76 Å². The van der Waals surface area contributed by atoms with Crippen LogP contribution >= 0.6 is 0 Å². The second kappa shape index (κ2) is 6.47. The average Bonchev–Trinajstić information content (AvgIpc) is 3.04. The van der Waals surface area contributed by atoms with Gasteiger partial charge in [0.05, 0.1) is 12.3 Å². The number of hydrogen-bond donors (Lipinski definition) is 0. The van der Waals surface area contributed by atoms with Gasteiger partial charge in [-0.2, -0.15) is 18.4 Å². The highest BCUT2D eigenvalue weighted by atomic mass is 19.4. The van der Waals surface area contributed by atoms with E-state index in [1.54, 1.807) is 13.0 Å². The largest absolute Gasteiger partial charge is 0.461 e. The van der Waals surface area contributed by atoms with Crippen LogP contribution in [0.15, 0.2) is 16.7 Å². The van der Waals surface area contributed by atoms with Gasteiger partial charge in [0, 0.05) is 18.9 Å². The zero-order valence-corrected chi connectivity index (χ0v) is 12.6. The van der Waals surface area contributed by atoms with Crippen LogP contribution in [0.25, 0.3) is 0 Å². The summed E-state index contributed by atoms with van der Waals surface area (Å²) in [6, 6.07) is 3.04. The van der Waals surface area contributed by atoms with E-state index >= 15 is 0 Å². The molecule has 2 rings (SSSR count). The number of nitrogens with zero attached hydrogens (tertiary/aromatic N) is 2. The molecule has 6 nitrogen and oxygen atoms in total. The fraction of sp³-hybridized carbons (Fsp3) is 0.467. The quantitative estimate of drug-likeness (QED) is 0.602. The standard InChI is InChI=1S/C15H13F3N2O4/c1-8-2-3-24-14(8)13(23)10(5-19)12(22)9-4-11(21)20(6-9)7-15(16,17)18/h2-3,9-10H,4,6-7H2,1H3/t9-,10+/m1/s1. The molecule has 0 aliphatic carbocycles. The minimum Gasteiger partial charge on any atom is -0.461 e. The first-order valence-corrected chi connectivity index (χ1v) is 7.00. The van der Waals surface area contributed by atoms with Crippen LogP contribution in [-0.4, -0.2) is 41.6 Å². The van der Waals surface area contributed by atoms with Crippen LogP contribution in [0.2, 0.25) is 0 Å². The lowest BCUT2D eigenvalue weighted by Crippen LogP contribution is -2.36. The third-order valence-electron chi connectivity index (χ3n) is 3.75. The van der Waals surface area contributed by atoms with Crippen LogP contribution in [0.5, 0.6) is 0 Å². The van der Waals surface area contributed by atoms with Crippen molar-refractivity contribution in [3.8, 4) is 6.07 Å². The van der Waals surface area contributed by atoms with Gasteiger partial charge >= 0.3 is 6.18 Å². The summed E-state index contributed by atoms with van der Waals surface area (Å²) < 4.78 is 42.1. The van der Waals surface area contributed by atoms with Crippen molar-refractivity contribution in [2.45, 2.75) is 19.5 Å². The molecule has 1 aliphatic heterocycles. The molecular formula is C15H13F3N2O4. The third-order valence-corrected chi connectivity index (χ3v) is 3.75. The number of alkyl halides is 3. The van der Waals surface area contributed by atoms with Crippen LogP contribution in [-0.2, 0) is 9.59 Å². The highest BCUT2D eigenvalue weighted by molar-refractivity contribution is 6.13. The number of Topliss-reactive ketones (excluding diaryl/α,β-unsaturated/α-hetero) is 2. The zero-order chi connectivity index (χ0) is 18.1. The van der Waals surface area contributed by atoms with Crippen molar-refractivity contribution in [1.82, 2.24) is 4.90 Å². The Morgan fingerprint density at radius 1 is 1.50 bits per heavy atom. The molecule has 0 spiro atoms. The van der Waals surface area contributed by atoms with Gasteiger partial charge in [-0.1, -0.05) is 0 Å². The number of rotatable bonds is 5. The van der Waals surface area contributed by atoms with Gasteiger partial charge in [-0.3, -0.25) is 14.4 Å². The lowest BCUT2D eigenvalue weighted by Gasteiger charge is -2.18. The van der Waals surface area contributed by atoms with Crippen LogP contribution in [0.4, 0.5) is 13.2 Å². The van der Waals surface area contributed by atoms with Crippen LogP contribution in [0.1, 0.15) is 22.5 Å². The number of carbonyl (C=O) groups excluding carboxylic acids is 3. The molecule has 0 saturated carbocycles. The molecule has 1 saturated heterocycles. The van der Waals surface area contributed by atoms with Gasteiger partial charge in [0.1, 0.15) is 6.54 Å². The predicted octanol–water partition coefficient (Wildman–Crippen LogP) is 1.89. The van der Waals surface area contributed by atoms with Gasteiger partial charge < -0.3 is 9.32 Å². The van der Waals surface area contributed by atoms with Crippen molar-refractivity contribution in [3.05, 3.63) is 23.7 Å².